The van der Waals surface area contributed by atoms with Crippen molar-refractivity contribution >= 4 is 17.5 Å². The summed E-state index contributed by atoms with van der Waals surface area (Å²) in [5, 5.41) is 3.47. The molecule has 4 fully saturated rings. The Bertz CT molecular complexity index is 1070. The molecule has 2 aliphatic heterocycles. The number of rotatable bonds is 7. The minimum absolute atomic E-state index is 0.0365. The number of nitrogens with one attached hydrogen (secondary N) is 1. The van der Waals surface area contributed by atoms with E-state index < -0.39 is 6.04 Å². The molecule has 1 amide bonds. The SMILES string of the molecule is CC(C)N(CC1CCNCC1)C1CC(Oc2ccc3c(c2)C(=O)N(C2CCC(=O)CCC2=O)C32CC2)C1. The lowest BCUT2D eigenvalue weighted by Gasteiger charge is -2.46. The van der Waals surface area contributed by atoms with Crippen LogP contribution in [-0.2, 0) is 15.1 Å². The zero-order valence-electron chi connectivity index (χ0n) is 22.3. The molecule has 37 heavy (non-hydrogen) atoms. The molecular formula is C30H41N3O4. The molecule has 7 heteroatoms. The van der Waals surface area contributed by atoms with Gasteiger partial charge in [0.2, 0.25) is 0 Å². The molecule has 5 aliphatic rings. The molecule has 1 N–H and O–H groups in total. The number of fused-ring (bicyclic) bond motifs is 2. The summed E-state index contributed by atoms with van der Waals surface area (Å²) in [4.78, 5) is 43.0. The first kappa shape index (κ1) is 25.1. The van der Waals surface area contributed by atoms with Gasteiger partial charge in [0, 0.05) is 56.3 Å². The Hall–Kier alpha value is -2.25. The first-order chi connectivity index (χ1) is 17.9. The van der Waals surface area contributed by atoms with E-state index in [1.54, 1.807) is 0 Å². The minimum atomic E-state index is -0.479. The Morgan fingerprint density at radius 1 is 1.05 bits per heavy atom. The van der Waals surface area contributed by atoms with Crippen LogP contribution in [-0.4, -0.2) is 71.1 Å². The molecule has 1 aromatic rings. The number of ether oxygens (including phenoxy) is 1. The number of piperidine rings is 1. The van der Waals surface area contributed by atoms with Crippen molar-refractivity contribution < 1.29 is 19.1 Å². The van der Waals surface area contributed by atoms with Gasteiger partial charge in [-0.25, -0.2) is 0 Å². The molecule has 1 aromatic carbocycles. The van der Waals surface area contributed by atoms with E-state index in [1.807, 2.05) is 17.0 Å². The fraction of sp³-hybridized carbons (Fsp3) is 0.700. The molecule has 0 radical (unpaired) electrons. The number of Topliss-reactive ketones (excluding diaryl/α,β-unsaturated/α-hetero) is 2. The molecule has 6 rings (SSSR count). The third-order valence-electron chi connectivity index (χ3n) is 9.59. The van der Waals surface area contributed by atoms with Crippen molar-refractivity contribution in [2.24, 2.45) is 5.92 Å². The van der Waals surface area contributed by atoms with Gasteiger partial charge in [0.25, 0.3) is 5.91 Å². The van der Waals surface area contributed by atoms with E-state index >= 15 is 0 Å². The number of carbonyl (C=O) groups excluding carboxylic acids is 3. The van der Waals surface area contributed by atoms with Crippen LogP contribution >= 0.6 is 0 Å². The highest BCUT2D eigenvalue weighted by atomic mass is 16.5. The molecule has 1 spiro atoms. The van der Waals surface area contributed by atoms with Crippen molar-refractivity contribution in [1.29, 1.82) is 0 Å². The van der Waals surface area contributed by atoms with E-state index in [9.17, 15) is 14.4 Å². The lowest BCUT2D eigenvalue weighted by atomic mass is 9.85. The molecule has 1 saturated heterocycles. The molecular weight excluding hydrogens is 466 g/mol. The zero-order valence-corrected chi connectivity index (χ0v) is 22.3. The van der Waals surface area contributed by atoms with E-state index in [4.69, 9.17) is 4.74 Å². The number of benzene rings is 1. The maximum absolute atomic E-state index is 13.6. The summed E-state index contributed by atoms with van der Waals surface area (Å²) in [6.45, 7) is 8.05. The Labute approximate surface area is 220 Å². The molecule has 3 saturated carbocycles. The van der Waals surface area contributed by atoms with Crippen molar-refractivity contribution in [1.82, 2.24) is 15.1 Å². The highest BCUT2D eigenvalue weighted by Crippen LogP contribution is 2.58. The van der Waals surface area contributed by atoms with Crippen molar-refractivity contribution in [2.45, 2.75) is 108 Å². The summed E-state index contributed by atoms with van der Waals surface area (Å²) in [5.74, 6) is 1.64. The summed E-state index contributed by atoms with van der Waals surface area (Å²) in [6.07, 6.45) is 7.92. The van der Waals surface area contributed by atoms with Crippen molar-refractivity contribution in [3.05, 3.63) is 29.3 Å². The van der Waals surface area contributed by atoms with Gasteiger partial charge < -0.3 is 15.0 Å². The van der Waals surface area contributed by atoms with Crippen LogP contribution in [0, 0.1) is 5.92 Å². The van der Waals surface area contributed by atoms with Crippen molar-refractivity contribution in [2.75, 3.05) is 19.6 Å². The number of ketones is 2. The average Bonchev–Trinajstić information content (AvgIpc) is 3.64. The van der Waals surface area contributed by atoms with Gasteiger partial charge in [0.15, 0.2) is 5.78 Å². The first-order valence-corrected chi connectivity index (χ1v) is 14.5. The van der Waals surface area contributed by atoms with Crippen LogP contribution in [0.5, 0.6) is 5.75 Å². The third kappa shape index (κ3) is 4.63. The number of hydrogen-bond donors (Lipinski definition) is 1. The second-order valence-corrected chi connectivity index (χ2v) is 12.3. The van der Waals surface area contributed by atoms with Gasteiger partial charge in [-0.15, -0.1) is 0 Å². The van der Waals surface area contributed by atoms with Crippen LogP contribution in [0.25, 0.3) is 0 Å². The van der Waals surface area contributed by atoms with Gasteiger partial charge in [0.05, 0.1) is 11.6 Å². The van der Waals surface area contributed by atoms with Crippen LogP contribution in [0.2, 0.25) is 0 Å². The maximum Gasteiger partial charge on any atom is 0.255 e. The Balaban J connectivity index is 1.11. The summed E-state index contributed by atoms with van der Waals surface area (Å²) in [6, 6.07) is 6.58. The van der Waals surface area contributed by atoms with Crippen LogP contribution in [0.4, 0.5) is 0 Å². The van der Waals surface area contributed by atoms with Gasteiger partial charge in [-0.05, 0) is 82.7 Å². The monoisotopic (exact) mass is 507 g/mol. The third-order valence-corrected chi connectivity index (χ3v) is 9.59. The van der Waals surface area contributed by atoms with Crippen LogP contribution in [0.3, 0.4) is 0 Å². The molecule has 0 bridgehead atoms. The molecule has 1 unspecified atom stereocenters. The average molecular weight is 508 g/mol. The molecule has 2 heterocycles. The Morgan fingerprint density at radius 2 is 1.81 bits per heavy atom. The van der Waals surface area contributed by atoms with E-state index in [0.717, 1.165) is 56.0 Å². The molecule has 200 valence electrons. The maximum atomic E-state index is 13.6. The van der Waals surface area contributed by atoms with Gasteiger partial charge in [-0.2, -0.15) is 0 Å². The van der Waals surface area contributed by atoms with E-state index in [-0.39, 0.29) is 35.5 Å². The van der Waals surface area contributed by atoms with Crippen molar-refractivity contribution in [3.63, 3.8) is 0 Å². The second kappa shape index (κ2) is 9.81. The summed E-state index contributed by atoms with van der Waals surface area (Å²) in [5.41, 5.74) is 1.36. The fourth-order valence-corrected chi connectivity index (χ4v) is 7.23. The van der Waals surface area contributed by atoms with Gasteiger partial charge in [-0.1, -0.05) is 6.07 Å². The lowest BCUT2D eigenvalue weighted by Crippen LogP contribution is -2.53. The first-order valence-electron chi connectivity index (χ1n) is 14.5. The van der Waals surface area contributed by atoms with Crippen LogP contribution in [0.15, 0.2) is 18.2 Å². The zero-order chi connectivity index (χ0) is 25.7. The molecule has 7 nitrogen and oxygen atoms in total. The second-order valence-electron chi connectivity index (χ2n) is 12.3. The van der Waals surface area contributed by atoms with Gasteiger partial charge in [-0.3, -0.25) is 19.3 Å². The highest BCUT2D eigenvalue weighted by Gasteiger charge is 2.60. The van der Waals surface area contributed by atoms with E-state index in [1.165, 1.54) is 19.4 Å². The minimum Gasteiger partial charge on any atom is -0.490 e. The number of carbonyl (C=O) groups is 3. The summed E-state index contributed by atoms with van der Waals surface area (Å²) >= 11 is 0. The van der Waals surface area contributed by atoms with E-state index in [0.29, 0.717) is 36.9 Å². The predicted molar refractivity (Wildman–Crippen MR) is 141 cm³/mol. The lowest BCUT2D eigenvalue weighted by molar-refractivity contribution is -0.125. The van der Waals surface area contributed by atoms with Crippen LogP contribution < -0.4 is 10.1 Å². The quantitative estimate of drug-likeness (QED) is 0.565. The smallest absolute Gasteiger partial charge is 0.255 e. The van der Waals surface area contributed by atoms with Gasteiger partial charge in [0.1, 0.15) is 17.6 Å². The largest absolute Gasteiger partial charge is 0.490 e. The number of amides is 1. The highest BCUT2D eigenvalue weighted by molar-refractivity contribution is 6.04. The standard InChI is InChI=1S/C30H41N3O4/c1-19(2)32(18-20-9-13-31-14-10-20)21-15-24(16-21)37-23-5-6-26-25(17-23)29(36)33(30(26)11-12-30)27-7-3-22(34)4-8-28(27)35/h5-6,17,19-21,24,27,31H,3-4,7-16,18H2,1-2H3. The number of hydrogen-bond acceptors (Lipinski definition) is 6. The van der Waals surface area contributed by atoms with Crippen molar-refractivity contribution in [3.8, 4) is 5.75 Å². The molecule has 1 atom stereocenters. The number of nitrogens with zero attached hydrogens (tertiary/aromatic N) is 2. The molecule has 0 aromatic heterocycles. The Kier molecular flexibility index (Phi) is 6.64. The van der Waals surface area contributed by atoms with Crippen LogP contribution in [0.1, 0.15) is 94.0 Å². The topological polar surface area (TPSA) is 79.0 Å². The Morgan fingerprint density at radius 3 is 2.51 bits per heavy atom. The fourth-order valence-electron chi connectivity index (χ4n) is 7.23. The predicted octanol–water partition coefficient (Wildman–Crippen LogP) is 3.83. The van der Waals surface area contributed by atoms with E-state index in [2.05, 4.69) is 30.1 Å². The summed E-state index contributed by atoms with van der Waals surface area (Å²) in [7, 11) is 0. The normalized spacial score (nSPS) is 29.6. The van der Waals surface area contributed by atoms with Gasteiger partial charge >= 0.3 is 0 Å². The summed E-state index contributed by atoms with van der Waals surface area (Å²) < 4.78 is 6.38. The molecule has 3 aliphatic carbocycles.